The van der Waals surface area contributed by atoms with E-state index in [0.29, 0.717) is 12.8 Å². The molecule has 0 spiro atoms. The molecular formula is C35H48N6O8. The third-order valence-electron chi connectivity index (χ3n) is 8.20. The average molecular weight is 681 g/mol. The molecule has 1 heterocycles. The molecule has 5 amide bonds. The summed E-state index contributed by atoms with van der Waals surface area (Å²) in [5.41, 5.74) is 7.73. The Morgan fingerprint density at radius 3 is 1.98 bits per heavy atom. The third-order valence-corrected chi connectivity index (χ3v) is 8.20. The van der Waals surface area contributed by atoms with Crippen LogP contribution in [0.4, 0.5) is 0 Å². The quantitative estimate of drug-likeness (QED) is 0.118. The van der Waals surface area contributed by atoms with Gasteiger partial charge in [0.1, 0.15) is 18.1 Å². The molecule has 0 unspecified atom stereocenters. The van der Waals surface area contributed by atoms with E-state index in [9.17, 15) is 39.0 Å². The van der Waals surface area contributed by atoms with Gasteiger partial charge in [0.05, 0.1) is 18.7 Å². The highest BCUT2D eigenvalue weighted by Crippen LogP contribution is 2.20. The van der Waals surface area contributed by atoms with Gasteiger partial charge in [0.2, 0.25) is 29.5 Å². The molecule has 14 nitrogen and oxygen atoms in total. The number of carboxylic acids is 1. The maximum atomic E-state index is 13.9. The van der Waals surface area contributed by atoms with Crippen LogP contribution in [0.15, 0.2) is 60.7 Å². The first kappa shape index (κ1) is 38.6. The van der Waals surface area contributed by atoms with Crippen LogP contribution < -0.4 is 27.0 Å². The van der Waals surface area contributed by atoms with Gasteiger partial charge in [-0.25, -0.2) is 4.79 Å². The molecule has 8 N–H and O–H groups in total. The molecule has 49 heavy (non-hydrogen) atoms. The Bertz CT molecular complexity index is 1440. The lowest BCUT2D eigenvalue weighted by Crippen LogP contribution is -2.58. The lowest BCUT2D eigenvalue weighted by molar-refractivity contribution is -0.147. The van der Waals surface area contributed by atoms with Gasteiger partial charge in [-0.05, 0) is 49.7 Å². The van der Waals surface area contributed by atoms with Gasteiger partial charge in [-0.1, -0.05) is 74.5 Å². The number of aliphatic carboxylic acids is 1. The maximum Gasteiger partial charge on any atom is 0.328 e. The summed E-state index contributed by atoms with van der Waals surface area (Å²) in [6, 6.07) is 12.6. The first-order valence-electron chi connectivity index (χ1n) is 16.5. The fourth-order valence-corrected chi connectivity index (χ4v) is 5.67. The summed E-state index contributed by atoms with van der Waals surface area (Å²) in [6.07, 6.45) is 0.0259. The predicted octanol–water partition coefficient (Wildman–Crippen LogP) is -0.128. The van der Waals surface area contributed by atoms with E-state index in [2.05, 4.69) is 21.3 Å². The molecule has 2 aromatic carbocycles. The summed E-state index contributed by atoms with van der Waals surface area (Å²) in [5, 5.41) is 29.4. The number of nitrogens with two attached hydrogens (primary N) is 1. The Labute approximate surface area is 286 Å². The number of nitrogens with one attached hydrogen (secondary N) is 4. The average Bonchev–Trinajstić information content (AvgIpc) is 3.56. The van der Waals surface area contributed by atoms with Gasteiger partial charge in [-0.3, -0.25) is 24.0 Å². The zero-order valence-corrected chi connectivity index (χ0v) is 28.1. The Kier molecular flexibility index (Phi) is 14.7. The highest BCUT2D eigenvalue weighted by atomic mass is 16.4. The zero-order valence-electron chi connectivity index (χ0n) is 28.1. The molecule has 266 valence electrons. The number of carbonyl (C=O) groups is 6. The number of rotatable bonds is 17. The summed E-state index contributed by atoms with van der Waals surface area (Å²) in [5.74, 6) is -4.42. The van der Waals surface area contributed by atoms with Gasteiger partial charge in [-0.2, -0.15) is 0 Å². The highest BCUT2D eigenvalue weighted by Gasteiger charge is 2.39. The van der Waals surface area contributed by atoms with E-state index in [-0.39, 0.29) is 31.7 Å². The van der Waals surface area contributed by atoms with Crippen LogP contribution in [0.25, 0.3) is 0 Å². The second kappa shape index (κ2) is 18.7. The van der Waals surface area contributed by atoms with Crippen molar-refractivity contribution in [3.8, 4) is 0 Å². The van der Waals surface area contributed by atoms with Gasteiger partial charge in [0, 0.05) is 13.0 Å². The van der Waals surface area contributed by atoms with E-state index in [1.807, 2.05) is 44.2 Å². The van der Waals surface area contributed by atoms with Gasteiger partial charge in [-0.15, -0.1) is 0 Å². The fraction of sp³-hybridized carbons (Fsp3) is 0.486. The van der Waals surface area contributed by atoms with E-state index in [1.54, 1.807) is 30.3 Å². The van der Waals surface area contributed by atoms with Crippen molar-refractivity contribution in [3.05, 3.63) is 71.8 Å². The number of hydrogen-bond acceptors (Lipinski definition) is 8. The monoisotopic (exact) mass is 680 g/mol. The van der Waals surface area contributed by atoms with Crippen LogP contribution in [-0.4, -0.2) is 100 Å². The molecule has 0 aromatic heterocycles. The van der Waals surface area contributed by atoms with Crippen molar-refractivity contribution >= 4 is 35.5 Å². The largest absolute Gasteiger partial charge is 0.480 e. The smallest absolute Gasteiger partial charge is 0.328 e. The Morgan fingerprint density at radius 2 is 1.43 bits per heavy atom. The Morgan fingerprint density at radius 1 is 0.837 bits per heavy atom. The fourth-order valence-electron chi connectivity index (χ4n) is 5.67. The van der Waals surface area contributed by atoms with Gasteiger partial charge < -0.3 is 42.1 Å². The SMILES string of the molecule is CC(C)C[C@H](NC(=O)[C@@H](N)Cc1ccccc1)C(=O)NCC(=O)N[C@@H](Cc1ccccc1)C(=O)N1CCC[C@H]1C(=O)N[C@H](C(=O)O)[C@@H](C)O. The zero-order chi connectivity index (χ0) is 36.1. The maximum absolute atomic E-state index is 13.9. The summed E-state index contributed by atoms with van der Waals surface area (Å²) in [7, 11) is 0. The first-order chi connectivity index (χ1) is 23.3. The van der Waals surface area contributed by atoms with E-state index in [4.69, 9.17) is 5.73 Å². The topological polar surface area (TPSA) is 220 Å². The van der Waals surface area contributed by atoms with E-state index in [0.717, 1.165) is 11.1 Å². The molecule has 1 aliphatic rings. The minimum atomic E-state index is -1.56. The number of hydrogen-bond donors (Lipinski definition) is 7. The summed E-state index contributed by atoms with van der Waals surface area (Å²) >= 11 is 0. The summed E-state index contributed by atoms with van der Waals surface area (Å²) in [6.45, 7) is 4.73. The van der Waals surface area contributed by atoms with Crippen LogP contribution in [0.5, 0.6) is 0 Å². The van der Waals surface area contributed by atoms with Crippen LogP contribution in [0.1, 0.15) is 51.2 Å². The normalized spacial score (nSPS) is 17.3. The molecule has 0 saturated carbocycles. The number of benzene rings is 2. The Hall–Kier alpha value is -4.82. The third kappa shape index (κ3) is 12.0. The number of aliphatic hydroxyl groups excluding tert-OH is 1. The van der Waals surface area contributed by atoms with Crippen LogP contribution in [0, 0.1) is 5.92 Å². The number of likely N-dealkylation sites (tertiary alicyclic amines) is 1. The predicted molar refractivity (Wildman–Crippen MR) is 181 cm³/mol. The van der Waals surface area contributed by atoms with E-state index >= 15 is 0 Å². The summed E-state index contributed by atoms with van der Waals surface area (Å²) in [4.78, 5) is 79.0. The molecular weight excluding hydrogens is 632 g/mol. The molecule has 0 aliphatic carbocycles. The molecule has 6 atom stereocenters. The summed E-state index contributed by atoms with van der Waals surface area (Å²) < 4.78 is 0. The second-order valence-corrected chi connectivity index (χ2v) is 12.8. The first-order valence-corrected chi connectivity index (χ1v) is 16.5. The van der Waals surface area contributed by atoms with Crippen molar-refractivity contribution in [2.75, 3.05) is 13.1 Å². The van der Waals surface area contributed by atoms with Crippen molar-refractivity contribution < 1.29 is 39.0 Å². The highest BCUT2D eigenvalue weighted by molar-refractivity contribution is 5.95. The van der Waals surface area contributed by atoms with Gasteiger partial charge in [0.25, 0.3) is 0 Å². The number of amides is 5. The molecule has 1 aliphatic heterocycles. The van der Waals surface area contributed by atoms with Crippen molar-refractivity contribution in [2.45, 2.75) is 89.2 Å². The molecule has 1 saturated heterocycles. The second-order valence-electron chi connectivity index (χ2n) is 12.8. The minimum Gasteiger partial charge on any atom is -0.480 e. The number of nitrogens with zero attached hydrogens (tertiary/aromatic N) is 1. The van der Waals surface area contributed by atoms with Crippen molar-refractivity contribution in [2.24, 2.45) is 11.7 Å². The van der Waals surface area contributed by atoms with Gasteiger partial charge >= 0.3 is 5.97 Å². The molecule has 1 fully saturated rings. The van der Waals surface area contributed by atoms with Crippen LogP contribution in [0.3, 0.4) is 0 Å². The molecule has 3 rings (SSSR count). The Balaban J connectivity index is 1.68. The van der Waals surface area contributed by atoms with Crippen molar-refractivity contribution in [1.29, 1.82) is 0 Å². The molecule has 0 radical (unpaired) electrons. The standard InChI is InChI=1S/C35H48N6O8/c1-21(2)17-26(39-31(44)25(36)18-23-11-6-4-7-12-23)32(45)37-20-29(43)38-27(19-24-13-8-5-9-14-24)34(47)41-16-10-15-28(41)33(46)40-30(22(3)42)35(48)49/h4-9,11-14,21-22,25-28,30,42H,10,15-20,36H2,1-3H3,(H,37,45)(H,38,43)(H,39,44)(H,40,46)(H,48,49)/t22-,25+,26+,27+,28+,30+/m1/s1. The lowest BCUT2D eigenvalue weighted by Gasteiger charge is -2.30. The van der Waals surface area contributed by atoms with Crippen LogP contribution in [0.2, 0.25) is 0 Å². The van der Waals surface area contributed by atoms with Crippen LogP contribution in [-0.2, 0) is 41.6 Å². The van der Waals surface area contributed by atoms with Crippen molar-refractivity contribution in [3.63, 3.8) is 0 Å². The minimum absolute atomic E-state index is 0.0278. The van der Waals surface area contributed by atoms with E-state index < -0.39 is 78.4 Å². The number of aliphatic hydroxyl groups is 1. The molecule has 14 heteroatoms. The molecule has 0 bridgehead atoms. The molecule has 2 aromatic rings. The van der Waals surface area contributed by atoms with E-state index in [1.165, 1.54) is 11.8 Å². The van der Waals surface area contributed by atoms with Gasteiger partial charge in [0.15, 0.2) is 6.04 Å². The number of carboxylic acid groups (broad SMARTS) is 1. The lowest BCUT2D eigenvalue weighted by atomic mass is 10.0. The van der Waals surface area contributed by atoms with Crippen LogP contribution >= 0.6 is 0 Å². The van der Waals surface area contributed by atoms with Crippen molar-refractivity contribution in [1.82, 2.24) is 26.2 Å². The number of carbonyl (C=O) groups excluding carboxylic acids is 5.